The Morgan fingerprint density at radius 1 is 1.17 bits per heavy atom. The summed E-state index contributed by atoms with van der Waals surface area (Å²) in [5, 5.41) is 11.6. The van der Waals surface area contributed by atoms with Crippen molar-refractivity contribution >= 4 is 29.1 Å². The molecule has 0 aromatic heterocycles. The molecular formula is C23H24ClNO4. The van der Waals surface area contributed by atoms with E-state index >= 15 is 0 Å². The minimum Gasteiger partial charge on any atom is -0.507 e. The van der Waals surface area contributed by atoms with Gasteiger partial charge >= 0.3 is 0 Å². The van der Waals surface area contributed by atoms with Crippen LogP contribution in [-0.2, 0) is 14.3 Å². The van der Waals surface area contributed by atoms with Crippen molar-refractivity contribution < 1.29 is 19.4 Å². The number of likely N-dealkylation sites (tertiary alicyclic amines) is 1. The number of amides is 1. The van der Waals surface area contributed by atoms with Crippen LogP contribution >= 0.6 is 11.6 Å². The summed E-state index contributed by atoms with van der Waals surface area (Å²) in [6, 6.07) is 12.0. The first-order valence-corrected chi connectivity index (χ1v) is 9.83. The zero-order chi connectivity index (χ0) is 21.1. The minimum absolute atomic E-state index is 0.0865. The molecule has 1 amide bonds. The number of benzene rings is 2. The predicted octanol–water partition coefficient (Wildman–Crippen LogP) is 4.42. The maximum Gasteiger partial charge on any atom is 0.295 e. The van der Waals surface area contributed by atoms with E-state index in [1.54, 1.807) is 25.3 Å². The molecule has 0 spiro atoms. The van der Waals surface area contributed by atoms with Crippen LogP contribution in [0.2, 0.25) is 5.02 Å². The summed E-state index contributed by atoms with van der Waals surface area (Å²) in [4.78, 5) is 27.3. The highest BCUT2D eigenvalue weighted by molar-refractivity contribution is 6.46. The van der Waals surface area contributed by atoms with Crippen molar-refractivity contribution in [3.05, 3.63) is 75.3 Å². The van der Waals surface area contributed by atoms with Crippen molar-refractivity contribution in [2.45, 2.75) is 26.3 Å². The first-order valence-electron chi connectivity index (χ1n) is 9.45. The number of ether oxygens (including phenoxy) is 1. The largest absolute Gasteiger partial charge is 0.507 e. The average Bonchev–Trinajstić information content (AvgIpc) is 2.94. The van der Waals surface area contributed by atoms with Crippen molar-refractivity contribution in [3.63, 3.8) is 0 Å². The summed E-state index contributed by atoms with van der Waals surface area (Å²) < 4.78 is 5.09. The highest BCUT2D eigenvalue weighted by Crippen LogP contribution is 2.40. The van der Waals surface area contributed by atoms with Gasteiger partial charge in [0.15, 0.2) is 0 Å². The Labute approximate surface area is 175 Å². The summed E-state index contributed by atoms with van der Waals surface area (Å²) in [6.07, 6.45) is 0.574. The molecule has 0 bridgehead atoms. The Hall–Kier alpha value is -2.63. The zero-order valence-corrected chi connectivity index (χ0v) is 17.5. The van der Waals surface area contributed by atoms with Gasteiger partial charge in [-0.1, -0.05) is 41.4 Å². The van der Waals surface area contributed by atoms with E-state index in [4.69, 9.17) is 16.3 Å². The number of Topliss-reactive ketones (excluding diaryl/α,β-unsaturated/α-hetero) is 1. The van der Waals surface area contributed by atoms with Crippen molar-refractivity contribution in [1.82, 2.24) is 4.90 Å². The van der Waals surface area contributed by atoms with Gasteiger partial charge in [0.25, 0.3) is 11.7 Å². The van der Waals surface area contributed by atoms with E-state index < -0.39 is 17.7 Å². The van der Waals surface area contributed by atoms with Crippen LogP contribution in [0.25, 0.3) is 5.76 Å². The number of halogens is 1. The number of rotatable bonds is 6. The molecule has 1 unspecified atom stereocenters. The fourth-order valence-corrected chi connectivity index (χ4v) is 3.85. The number of hydrogen-bond acceptors (Lipinski definition) is 4. The summed E-state index contributed by atoms with van der Waals surface area (Å²) in [6.45, 7) is 4.56. The van der Waals surface area contributed by atoms with Crippen molar-refractivity contribution in [2.75, 3.05) is 20.3 Å². The Morgan fingerprint density at radius 2 is 1.93 bits per heavy atom. The summed E-state index contributed by atoms with van der Waals surface area (Å²) in [7, 11) is 1.59. The van der Waals surface area contributed by atoms with Crippen LogP contribution in [0, 0.1) is 13.8 Å². The van der Waals surface area contributed by atoms with E-state index in [0.29, 0.717) is 35.7 Å². The first kappa shape index (κ1) is 21.1. The van der Waals surface area contributed by atoms with E-state index in [2.05, 4.69) is 0 Å². The lowest BCUT2D eigenvalue weighted by Crippen LogP contribution is -2.31. The van der Waals surface area contributed by atoms with E-state index in [1.165, 1.54) is 4.90 Å². The molecule has 2 aromatic carbocycles. The quantitative estimate of drug-likeness (QED) is 0.329. The lowest BCUT2D eigenvalue weighted by Gasteiger charge is -2.25. The average molecular weight is 414 g/mol. The lowest BCUT2D eigenvalue weighted by atomic mass is 9.93. The second-order valence-electron chi connectivity index (χ2n) is 7.21. The molecule has 29 heavy (non-hydrogen) atoms. The second-order valence-corrected chi connectivity index (χ2v) is 7.65. The molecule has 0 radical (unpaired) electrons. The van der Waals surface area contributed by atoms with Gasteiger partial charge < -0.3 is 14.7 Å². The van der Waals surface area contributed by atoms with Crippen molar-refractivity contribution in [1.29, 1.82) is 0 Å². The molecule has 1 atom stereocenters. The molecule has 1 saturated heterocycles. The molecule has 1 aliphatic heterocycles. The highest BCUT2D eigenvalue weighted by Gasteiger charge is 2.45. The number of ketones is 1. The highest BCUT2D eigenvalue weighted by atomic mass is 35.5. The second kappa shape index (κ2) is 8.80. The Kier molecular flexibility index (Phi) is 6.40. The third kappa shape index (κ3) is 4.21. The number of aliphatic hydroxyl groups excluding tert-OH is 1. The fourth-order valence-electron chi connectivity index (χ4n) is 3.65. The van der Waals surface area contributed by atoms with Gasteiger partial charge in [0, 0.05) is 30.8 Å². The zero-order valence-electron chi connectivity index (χ0n) is 16.7. The number of carbonyl (C=O) groups excluding carboxylic acids is 2. The number of methoxy groups -OCH3 is 1. The van der Waals surface area contributed by atoms with Crippen molar-refractivity contribution in [3.8, 4) is 0 Å². The summed E-state index contributed by atoms with van der Waals surface area (Å²) >= 11 is 6.17. The van der Waals surface area contributed by atoms with Gasteiger partial charge in [-0.05, 0) is 49.6 Å². The van der Waals surface area contributed by atoms with Gasteiger partial charge in [0.1, 0.15) is 5.76 Å². The minimum atomic E-state index is -0.703. The van der Waals surface area contributed by atoms with Gasteiger partial charge in [-0.3, -0.25) is 9.59 Å². The molecular weight excluding hydrogens is 390 g/mol. The monoisotopic (exact) mass is 413 g/mol. The van der Waals surface area contributed by atoms with Crippen LogP contribution in [0.4, 0.5) is 0 Å². The number of carbonyl (C=O) groups is 2. The molecule has 1 heterocycles. The molecule has 152 valence electrons. The third-order valence-electron chi connectivity index (χ3n) is 5.10. The fraction of sp³-hybridized carbons (Fsp3) is 0.304. The van der Waals surface area contributed by atoms with Crippen LogP contribution in [0.1, 0.15) is 34.7 Å². The molecule has 2 aromatic rings. The van der Waals surface area contributed by atoms with E-state index in [-0.39, 0.29) is 11.3 Å². The number of hydrogen-bond donors (Lipinski definition) is 1. The van der Waals surface area contributed by atoms with E-state index in [0.717, 1.165) is 11.1 Å². The molecule has 1 aliphatic rings. The van der Waals surface area contributed by atoms with E-state index in [9.17, 15) is 14.7 Å². The topological polar surface area (TPSA) is 66.8 Å². The Morgan fingerprint density at radius 3 is 2.62 bits per heavy atom. The first-order chi connectivity index (χ1) is 13.8. The summed E-state index contributed by atoms with van der Waals surface area (Å²) in [5.41, 5.74) is 3.09. The van der Waals surface area contributed by atoms with Gasteiger partial charge in [0.2, 0.25) is 0 Å². The number of aryl methyl sites for hydroxylation is 2. The van der Waals surface area contributed by atoms with Crippen molar-refractivity contribution in [2.24, 2.45) is 0 Å². The molecule has 1 fully saturated rings. The van der Waals surface area contributed by atoms with Gasteiger partial charge in [-0.25, -0.2) is 0 Å². The van der Waals surface area contributed by atoms with Crippen LogP contribution in [-0.4, -0.2) is 42.0 Å². The standard InChI is InChI=1S/C23H24ClNO4/c1-14-8-9-15(2)18(12-14)21(26)19-20(16-6-4-7-17(24)13-16)25(10-5-11-29-3)23(28)22(19)27/h4,6-9,12-13,20,26H,5,10-11H2,1-3H3/b21-19+. The maximum atomic E-state index is 13.0. The maximum absolute atomic E-state index is 13.0. The molecule has 5 nitrogen and oxygen atoms in total. The SMILES string of the molecule is COCCCN1C(=O)C(=O)/C(=C(/O)c2cc(C)ccc2C)C1c1cccc(Cl)c1. The van der Waals surface area contributed by atoms with Crippen LogP contribution in [0.3, 0.4) is 0 Å². The Bertz CT molecular complexity index is 983. The third-order valence-corrected chi connectivity index (χ3v) is 5.34. The molecule has 6 heteroatoms. The number of aliphatic hydroxyl groups is 1. The number of nitrogens with zero attached hydrogens (tertiary/aromatic N) is 1. The Balaban J connectivity index is 2.18. The van der Waals surface area contributed by atoms with Gasteiger partial charge in [-0.2, -0.15) is 0 Å². The lowest BCUT2D eigenvalue weighted by molar-refractivity contribution is -0.140. The predicted molar refractivity (Wildman–Crippen MR) is 113 cm³/mol. The molecule has 3 rings (SSSR count). The summed E-state index contributed by atoms with van der Waals surface area (Å²) in [5.74, 6) is -1.48. The van der Waals surface area contributed by atoms with E-state index in [1.807, 2.05) is 38.1 Å². The van der Waals surface area contributed by atoms with Crippen LogP contribution in [0.5, 0.6) is 0 Å². The smallest absolute Gasteiger partial charge is 0.295 e. The van der Waals surface area contributed by atoms with Crippen LogP contribution < -0.4 is 0 Å². The molecule has 1 N–H and O–H groups in total. The molecule has 0 aliphatic carbocycles. The van der Waals surface area contributed by atoms with Gasteiger partial charge in [-0.15, -0.1) is 0 Å². The van der Waals surface area contributed by atoms with Gasteiger partial charge in [0.05, 0.1) is 11.6 Å². The van der Waals surface area contributed by atoms with Crippen LogP contribution in [0.15, 0.2) is 48.0 Å². The normalized spacial score (nSPS) is 18.5. The molecule has 0 saturated carbocycles.